The zero-order chi connectivity index (χ0) is 21.9. The number of nitrogens with one attached hydrogen (secondary N) is 3. The van der Waals surface area contributed by atoms with Crippen molar-refractivity contribution in [1.29, 1.82) is 0 Å². The summed E-state index contributed by atoms with van der Waals surface area (Å²) in [6.07, 6.45) is -1.46. The molecule has 9 N–H and O–H groups in total. The van der Waals surface area contributed by atoms with Crippen LogP contribution >= 0.6 is 12.6 Å². The van der Waals surface area contributed by atoms with E-state index in [2.05, 4.69) is 23.3 Å². The number of amides is 4. The van der Waals surface area contributed by atoms with E-state index < -0.39 is 73.1 Å². The number of rotatable bonds is 13. The van der Waals surface area contributed by atoms with Crippen LogP contribution in [-0.4, -0.2) is 76.2 Å². The molecule has 13 nitrogen and oxygen atoms in total. The molecule has 28 heavy (non-hydrogen) atoms. The molecule has 0 aliphatic heterocycles. The average molecular weight is 421 g/mol. The summed E-state index contributed by atoms with van der Waals surface area (Å²) in [6, 6.07) is -3.96. The first-order valence-corrected chi connectivity index (χ1v) is 8.57. The number of primary amides is 1. The number of carbonyl (C=O) groups excluding carboxylic acids is 4. The van der Waals surface area contributed by atoms with Crippen molar-refractivity contribution in [2.45, 2.75) is 37.4 Å². The minimum Gasteiger partial charge on any atom is -0.481 e. The largest absolute Gasteiger partial charge is 0.481 e. The molecular formula is C14H23N5O8S. The summed E-state index contributed by atoms with van der Waals surface area (Å²) < 4.78 is 0. The van der Waals surface area contributed by atoms with Crippen LogP contribution < -0.4 is 27.4 Å². The Morgan fingerprint density at radius 2 is 1.46 bits per heavy atom. The Bertz CT molecular complexity index is 629. The number of hydrogen-bond donors (Lipinski definition) is 8. The van der Waals surface area contributed by atoms with Gasteiger partial charge in [-0.15, -0.1) is 0 Å². The fourth-order valence-electron chi connectivity index (χ4n) is 1.87. The molecule has 0 aliphatic carbocycles. The van der Waals surface area contributed by atoms with Crippen LogP contribution in [0, 0.1) is 0 Å². The molecule has 0 heterocycles. The number of hydrogen-bond acceptors (Lipinski definition) is 8. The van der Waals surface area contributed by atoms with Gasteiger partial charge in [-0.1, -0.05) is 0 Å². The van der Waals surface area contributed by atoms with Crippen LogP contribution in [0.15, 0.2) is 0 Å². The first kappa shape index (κ1) is 25.1. The van der Waals surface area contributed by atoms with Crippen molar-refractivity contribution in [3.63, 3.8) is 0 Å². The van der Waals surface area contributed by atoms with Crippen molar-refractivity contribution in [1.82, 2.24) is 16.0 Å². The van der Waals surface area contributed by atoms with Gasteiger partial charge < -0.3 is 37.6 Å². The lowest BCUT2D eigenvalue weighted by molar-refractivity contribution is -0.138. The van der Waals surface area contributed by atoms with Crippen LogP contribution in [-0.2, 0) is 28.8 Å². The standard InChI is InChI=1S/C14H23N5O8S/c15-6(5-28)12(25)18-7(1-2-10(21)22)14(27)19-8(3-9(16)20)13(26)17-4-11(23)24/h6-8,28H,1-5,15H2,(H2,16,20)(H,17,26)(H,18,25)(H,19,27)(H,21,22)(H,23,24). The van der Waals surface area contributed by atoms with Crippen molar-refractivity contribution in [2.75, 3.05) is 12.3 Å². The van der Waals surface area contributed by atoms with Gasteiger partial charge in [0.2, 0.25) is 23.6 Å². The number of carboxylic acids is 2. The zero-order valence-corrected chi connectivity index (χ0v) is 15.6. The quantitative estimate of drug-likeness (QED) is 0.136. The molecule has 0 aromatic carbocycles. The predicted octanol–water partition coefficient (Wildman–Crippen LogP) is -3.85. The summed E-state index contributed by atoms with van der Waals surface area (Å²) in [6.45, 7) is -0.764. The topological polar surface area (TPSA) is 231 Å². The summed E-state index contributed by atoms with van der Waals surface area (Å²) in [5.74, 6) is -6.34. The molecule has 14 heteroatoms. The minimum absolute atomic E-state index is 0.0407. The van der Waals surface area contributed by atoms with Gasteiger partial charge in [0.25, 0.3) is 0 Å². The van der Waals surface area contributed by atoms with E-state index in [0.717, 1.165) is 0 Å². The maximum atomic E-state index is 12.4. The zero-order valence-electron chi connectivity index (χ0n) is 14.7. The van der Waals surface area contributed by atoms with Gasteiger partial charge in [0, 0.05) is 12.2 Å². The Morgan fingerprint density at radius 1 is 0.893 bits per heavy atom. The molecule has 3 atom stereocenters. The first-order valence-electron chi connectivity index (χ1n) is 7.94. The first-order chi connectivity index (χ1) is 13.0. The minimum atomic E-state index is -1.52. The Hall–Kier alpha value is -2.87. The van der Waals surface area contributed by atoms with Crippen LogP contribution in [0.1, 0.15) is 19.3 Å². The van der Waals surface area contributed by atoms with E-state index in [-0.39, 0.29) is 12.2 Å². The highest BCUT2D eigenvalue weighted by Gasteiger charge is 2.29. The second-order valence-corrected chi connectivity index (χ2v) is 5.99. The lowest BCUT2D eigenvalue weighted by Crippen LogP contribution is -2.57. The lowest BCUT2D eigenvalue weighted by atomic mass is 10.1. The molecular weight excluding hydrogens is 398 g/mol. The third kappa shape index (κ3) is 10.3. The summed E-state index contributed by atoms with van der Waals surface area (Å²) in [5, 5.41) is 23.7. The molecule has 0 bridgehead atoms. The van der Waals surface area contributed by atoms with Gasteiger partial charge in [-0.05, 0) is 6.42 Å². The molecule has 4 amide bonds. The molecule has 0 radical (unpaired) electrons. The highest BCUT2D eigenvalue weighted by molar-refractivity contribution is 7.80. The van der Waals surface area contributed by atoms with E-state index in [1.807, 2.05) is 5.32 Å². The lowest BCUT2D eigenvalue weighted by Gasteiger charge is -2.23. The summed E-state index contributed by atoms with van der Waals surface area (Å²) in [4.78, 5) is 68.7. The van der Waals surface area contributed by atoms with Gasteiger partial charge in [0.1, 0.15) is 18.6 Å². The molecule has 0 saturated heterocycles. The normalized spacial score (nSPS) is 13.5. The van der Waals surface area contributed by atoms with Crippen LogP contribution in [0.3, 0.4) is 0 Å². The van der Waals surface area contributed by atoms with Gasteiger partial charge in [-0.25, -0.2) is 0 Å². The van der Waals surface area contributed by atoms with Gasteiger partial charge in [0.05, 0.1) is 12.5 Å². The van der Waals surface area contributed by atoms with Gasteiger partial charge >= 0.3 is 11.9 Å². The van der Waals surface area contributed by atoms with Crippen molar-refractivity contribution in [3.05, 3.63) is 0 Å². The molecule has 3 unspecified atom stereocenters. The molecule has 158 valence electrons. The highest BCUT2D eigenvalue weighted by Crippen LogP contribution is 2.02. The monoisotopic (exact) mass is 421 g/mol. The Labute approximate surface area is 165 Å². The number of carboxylic acid groups (broad SMARTS) is 2. The van der Waals surface area contributed by atoms with Gasteiger partial charge in [-0.3, -0.25) is 28.8 Å². The molecule has 0 saturated carbocycles. The number of thiol groups is 1. The second-order valence-electron chi connectivity index (χ2n) is 5.63. The fraction of sp³-hybridized carbons (Fsp3) is 0.571. The number of carbonyl (C=O) groups is 6. The third-order valence-electron chi connectivity index (χ3n) is 3.27. The van der Waals surface area contributed by atoms with Crippen LogP contribution in [0.4, 0.5) is 0 Å². The van der Waals surface area contributed by atoms with Crippen LogP contribution in [0.5, 0.6) is 0 Å². The summed E-state index contributed by atoms with van der Waals surface area (Å²) >= 11 is 3.84. The van der Waals surface area contributed by atoms with Crippen molar-refractivity contribution < 1.29 is 39.0 Å². The van der Waals surface area contributed by atoms with Crippen LogP contribution in [0.2, 0.25) is 0 Å². The van der Waals surface area contributed by atoms with E-state index in [9.17, 15) is 28.8 Å². The van der Waals surface area contributed by atoms with E-state index in [1.165, 1.54) is 0 Å². The van der Waals surface area contributed by atoms with E-state index >= 15 is 0 Å². The number of nitrogens with two attached hydrogens (primary N) is 2. The van der Waals surface area contributed by atoms with E-state index in [0.29, 0.717) is 0 Å². The summed E-state index contributed by atoms with van der Waals surface area (Å²) in [7, 11) is 0. The number of aliphatic carboxylic acids is 2. The van der Waals surface area contributed by atoms with E-state index in [1.54, 1.807) is 0 Å². The Morgan fingerprint density at radius 3 is 1.93 bits per heavy atom. The molecule has 0 aromatic heterocycles. The molecule has 0 aliphatic rings. The molecule has 0 fully saturated rings. The summed E-state index contributed by atoms with van der Waals surface area (Å²) in [5.41, 5.74) is 10.5. The highest BCUT2D eigenvalue weighted by atomic mass is 32.1. The smallest absolute Gasteiger partial charge is 0.322 e. The van der Waals surface area contributed by atoms with Gasteiger partial charge in [0.15, 0.2) is 0 Å². The van der Waals surface area contributed by atoms with E-state index in [4.69, 9.17) is 21.7 Å². The maximum absolute atomic E-state index is 12.4. The van der Waals surface area contributed by atoms with Crippen LogP contribution in [0.25, 0.3) is 0 Å². The van der Waals surface area contributed by atoms with Crippen molar-refractivity contribution in [2.24, 2.45) is 11.5 Å². The fourth-order valence-corrected chi connectivity index (χ4v) is 2.03. The Balaban J connectivity index is 5.26. The average Bonchev–Trinajstić information content (AvgIpc) is 2.60. The Kier molecular flexibility index (Phi) is 11.2. The second kappa shape index (κ2) is 12.5. The molecule has 0 spiro atoms. The van der Waals surface area contributed by atoms with Crippen molar-refractivity contribution in [3.8, 4) is 0 Å². The third-order valence-corrected chi connectivity index (χ3v) is 3.66. The molecule has 0 aromatic rings. The SMILES string of the molecule is NC(=O)CC(NC(=O)C(CCC(=O)O)NC(=O)C(N)CS)C(=O)NCC(=O)O. The van der Waals surface area contributed by atoms with Gasteiger partial charge in [-0.2, -0.15) is 12.6 Å². The van der Waals surface area contributed by atoms with Crippen molar-refractivity contribution >= 4 is 48.2 Å². The molecule has 0 rings (SSSR count). The predicted molar refractivity (Wildman–Crippen MR) is 97.0 cm³/mol. The maximum Gasteiger partial charge on any atom is 0.322 e.